The lowest BCUT2D eigenvalue weighted by Crippen LogP contribution is -2.76. The third-order valence-corrected chi connectivity index (χ3v) is 8.04. The second-order valence-corrected chi connectivity index (χ2v) is 12.7. The molecule has 0 spiro atoms. The highest BCUT2D eigenvalue weighted by Crippen LogP contribution is 2.53. The van der Waals surface area contributed by atoms with Gasteiger partial charge >= 0.3 is 54.1 Å². The molecule has 2 N–H and O–H groups in total. The normalized spacial score (nSPS) is 25.0. The first-order valence-electron chi connectivity index (χ1n) is 14.3. The molecule has 0 bridgehead atoms. The maximum Gasteiger partial charge on any atom is 0.449 e. The zero-order chi connectivity index (χ0) is 41.3. The number of hydrogen-bond acceptors (Lipinski definition) is 9. The summed E-state index contributed by atoms with van der Waals surface area (Å²) < 4.78 is 218. The summed E-state index contributed by atoms with van der Waals surface area (Å²) in [5, 5.41) is 19.0. The summed E-state index contributed by atoms with van der Waals surface area (Å²) in [6, 6.07) is 0. The molecule has 1 aliphatic rings. The van der Waals surface area contributed by atoms with Gasteiger partial charge in [0.25, 0.3) is 5.60 Å². The van der Waals surface area contributed by atoms with E-state index in [2.05, 4.69) is 18.9 Å². The van der Waals surface area contributed by atoms with Gasteiger partial charge in [-0.1, -0.05) is 13.8 Å². The first-order valence-corrected chi connectivity index (χ1v) is 14.3. The molecule has 5 unspecified atom stereocenters. The first-order chi connectivity index (χ1) is 22.2. The standard InChI is InChI=1S/C14H18F10O4.C13H19F5O5/c1-5-9(2,3)8(25)27-7(6-15)11(17,18)12(26,14(22,23)24)28-10(4,16)13(19,20)21;1-5-9(2,3)8(19)21-6-10(4)11(20,12(14,15)16)13(17,18)23-7-22-10/h7,26H,5-6H2,1-4H3;20H,5-7H2,1-4H3. The largest absolute Gasteiger partial charge is 0.462 e. The van der Waals surface area contributed by atoms with Gasteiger partial charge in [-0.05, 0) is 47.5 Å². The number of hydrogen-bond donors (Lipinski definition) is 2. The number of halogens is 15. The van der Waals surface area contributed by atoms with Crippen molar-refractivity contribution in [3.63, 3.8) is 0 Å². The van der Waals surface area contributed by atoms with Crippen molar-refractivity contribution in [1.82, 2.24) is 0 Å². The molecule has 1 fully saturated rings. The van der Waals surface area contributed by atoms with Gasteiger partial charge in [-0.2, -0.15) is 57.1 Å². The van der Waals surface area contributed by atoms with E-state index < -0.39 is 109 Å². The quantitative estimate of drug-likeness (QED) is 0.122. The molecular weight excluding hydrogens is 753 g/mol. The second kappa shape index (κ2) is 15.2. The molecule has 0 radical (unpaired) electrons. The summed E-state index contributed by atoms with van der Waals surface area (Å²) in [4.78, 5) is 23.6. The molecule has 51 heavy (non-hydrogen) atoms. The fourth-order valence-electron chi connectivity index (χ4n) is 3.41. The highest BCUT2D eigenvalue weighted by molar-refractivity contribution is 5.76. The van der Waals surface area contributed by atoms with E-state index in [1.807, 2.05) is 0 Å². The Morgan fingerprint density at radius 3 is 1.57 bits per heavy atom. The Morgan fingerprint density at radius 2 is 1.22 bits per heavy atom. The van der Waals surface area contributed by atoms with Gasteiger partial charge in [0, 0.05) is 6.92 Å². The van der Waals surface area contributed by atoms with Crippen LogP contribution in [0.4, 0.5) is 65.9 Å². The average molecular weight is 791 g/mol. The van der Waals surface area contributed by atoms with E-state index in [-0.39, 0.29) is 6.42 Å². The molecule has 0 aromatic heterocycles. The molecule has 0 amide bonds. The first kappa shape index (κ1) is 48.7. The monoisotopic (exact) mass is 790 g/mol. The Morgan fingerprint density at radius 1 is 0.784 bits per heavy atom. The molecule has 5 atom stereocenters. The van der Waals surface area contributed by atoms with Crippen molar-refractivity contribution < 1.29 is 109 Å². The fraction of sp³-hybridized carbons (Fsp3) is 0.926. The van der Waals surface area contributed by atoms with Crippen molar-refractivity contribution in [2.45, 2.75) is 128 Å². The van der Waals surface area contributed by atoms with Crippen LogP contribution >= 0.6 is 0 Å². The molecule has 304 valence electrons. The lowest BCUT2D eigenvalue weighted by atomic mass is 9.81. The maximum absolute atomic E-state index is 14.3. The predicted octanol–water partition coefficient (Wildman–Crippen LogP) is 7.07. The summed E-state index contributed by atoms with van der Waals surface area (Å²) >= 11 is 0. The highest BCUT2D eigenvalue weighted by Gasteiger charge is 2.81. The van der Waals surface area contributed by atoms with Crippen molar-refractivity contribution in [3.05, 3.63) is 0 Å². The van der Waals surface area contributed by atoms with E-state index in [1.165, 1.54) is 20.8 Å². The van der Waals surface area contributed by atoms with E-state index in [0.717, 1.165) is 13.8 Å². The third kappa shape index (κ3) is 9.63. The zero-order valence-electron chi connectivity index (χ0n) is 28.0. The Bertz CT molecular complexity index is 1200. The van der Waals surface area contributed by atoms with Crippen LogP contribution < -0.4 is 0 Å². The van der Waals surface area contributed by atoms with Crippen molar-refractivity contribution in [1.29, 1.82) is 0 Å². The number of carbonyl (C=O) groups is 2. The summed E-state index contributed by atoms with van der Waals surface area (Å²) in [7, 11) is 0. The molecule has 0 saturated carbocycles. The lowest BCUT2D eigenvalue weighted by Gasteiger charge is -2.50. The third-order valence-electron chi connectivity index (χ3n) is 8.04. The van der Waals surface area contributed by atoms with Crippen LogP contribution in [0, 0.1) is 10.8 Å². The van der Waals surface area contributed by atoms with E-state index in [9.17, 15) is 85.7 Å². The highest BCUT2D eigenvalue weighted by atomic mass is 19.4. The summed E-state index contributed by atoms with van der Waals surface area (Å²) in [5.41, 5.74) is -10.2. The van der Waals surface area contributed by atoms with Gasteiger partial charge in [0.05, 0.1) is 10.8 Å². The number of carbonyl (C=O) groups excluding carboxylic acids is 2. The van der Waals surface area contributed by atoms with Crippen LogP contribution in [0.15, 0.2) is 0 Å². The van der Waals surface area contributed by atoms with E-state index in [0.29, 0.717) is 13.3 Å². The van der Waals surface area contributed by atoms with Gasteiger partial charge in [-0.25, -0.2) is 8.78 Å². The number of rotatable bonds is 12. The van der Waals surface area contributed by atoms with E-state index >= 15 is 0 Å². The summed E-state index contributed by atoms with van der Waals surface area (Å²) in [5.74, 6) is -20.2. The molecular formula is C27H37F15O9. The van der Waals surface area contributed by atoms with Crippen molar-refractivity contribution in [2.24, 2.45) is 10.8 Å². The minimum atomic E-state index is -6.75. The van der Waals surface area contributed by atoms with Crippen LogP contribution in [0.2, 0.25) is 0 Å². The number of esters is 2. The number of ether oxygens (including phenoxy) is 5. The molecule has 1 heterocycles. The Kier molecular flexibility index (Phi) is 14.5. The molecule has 1 rings (SSSR count). The Hall–Kier alpha value is -2.31. The molecule has 1 aliphatic heterocycles. The van der Waals surface area contributed by atoms with Gasteiger partial charge in [-0.3, -0.25) is 19.1 Å². The topological polar surface area (TPSA) is 121 Å². The van der Waals surface area contributed by atoms with Crippen molar-refractivity contribution in [2.75, 3.05) is 20.1 Å². The van der Waals surface area contributed by atoms with Gasteiger partial charge < -0.3 is 24.4 Å². The van der Waals surface area contributed by atoms with E-state index in [1.54, 1.807) is 6.92 Å². The molecule has 1 saturated heterocycles. The maximum atomic E-state index is 14.3. The smallest absolute Gasteiger partial charge is 0.449 e. The van der Waals surface area contributed by atoms with Crippen LogP contribution in [-0.2, 0) is 33.3 Å². The molecule has 0 aromatic carbocycles. The predicted molar refractivity (Wildman–Crippen MR) is 139 cm³/mol. The van der Waals surface area contributed by atoms with Gasteiger partial charge in [-0.15, -0.1) is 0 Å². The van der Waals surface area contributed by atoms with Crippen LogP contribution in [0.5, 0.6) is 0 Å². The molecule has 0 aliphatic carbocycles. The van der Waals surface area contributed by atoms with Gasteiger partial charge in [0.1, 0.15) is 18.9 Å². The Balaban J connectivity index is 0.000000998. The van der Waals surface area contributed by atoms with Gasteiger partial charge in [0.2, 0.25) is 0 Å². The average Bonchev–Trinajstić information content (AvgIpc) is 2.95. The summed E-state index contributed by atoms with van der Waals surface area (Å²) in [6.45, 7) is 3.04. The van der Waals surface area contributed by atoms with Gasteiger partial charge in [0.15, 0.2) is 12.9 Å². The minimum absolute atomic E-state index is 0.104. The van der Waals surface area contributed by atoms with Crippen LogP contribution in [0.1, 0.15) is 68.2 Å². The lowest BCUT2D eigenvalue weighted by molar-refractivity contribution is -0.496. The Labute approximate surface area is 280 Å². The molecule has 0 aromatic rings. The zero-order valence-corrected chi connectivity index (χ0v) is 28.0. The minimum Gasteiger partial charge on any atom is -0.462 e. The number of aliphatic hydroxyl groups is 2. The van der Waals surface area contributed by atoms with E-state index in [4.69, 9.17) is 4.74 Å². The summed E-state index contributed by atoms with van der Waals surface area (Å²) in [6.07, 6.45) is -27.3. The van der Waals surface area contributed by atoms with Crippen molar-refractivity contribution >= 4 is 11.9 Å². The molecule has 9 nitrogen and oxygen atoms in total. The number of alkyl halides is 15. The van der Waals surface area contributed by atoms with Crippen molar-refractivity contribution in [3.8, 4) is 0 Å². The SMILES string of the molecule is CCC(C)(C)C(=O)OC(CF)C(F)(F)C(O)(OC(C)(F)C(F)(F)F)C(F)(F)F.CCC(C)(C)C(=O)OCC1(C)OCOC(F)(F)C1(O)C(F)(F)F. The van der Waals surface area contributed by atoms with Crippen LogP contribution in [0.3, 0.4) is 0 Å². The van der Waals surface area contributed by atoms with Crippen LogP contribution in [0.25, 0.3) is 0 Å². The second-order valence-electron chi connectivity index (χ2n) is 12.7. The van der Waals surface area contributed by atoms with Crippen LogP contribution in [-0.4, -0.2) is 102 Å². The molecule has 24 heteroatoms. The fourth-order valence-corrected chi connectivity index (χ4v) is 3.41.